The topological polar surface area (TPSA) is 76.5 Å². The number of piperidine rings is 1. The van der Waals surface area contributed by atoms with Crippen molar-refractivity contribution in [1.82, 2.24) is 20.0 Å². The Balaban J connectivity index is 1.24. The number of hydrogen-bond acceptors (Lipinski definition) is 4. The molecule has 1 saturated heterocycles. The highest BCUT2D eigenvalue weighted by molar-refractivity contribution is 5.93. The van der Waals surface area contributed by atoms with Crippen molar-refractivity contribution in [3.63, 3.8) is 0 Å². The Morgan fingerprint density at radius 1 is 1.00 bits per heavy atom. The third-order valence-corrected chi connectivity index (χ3v) is 8.19. The molecule has 1 spiro atoms. The van der Waals surface area contributed by atoms with Gasteiger partial charge in [0.05, 0.1) is 12.3 Å². The first-order valence-electron chi connectivity index (χ1n) is 14.0. The molecule has 8 heteroatoms. The number of aryl methyl sites for hydroxylation is 2. The summed E-state index contributed by atoms with van der Waals surface area (Å²) in [5.74, 6) is 0.597. The maximum absolute atomic E-state index is 13.4. The Morgan fingerprint density at radius 2 is 1.77 bits per heavy atom. The molecule has 1 aromatic heterocycles. The number of amides is 2. The number of likely N-dealkylation sites (tertiary alicyclic amines) is 1. The Labute approximate surface area is 229 Å². The van der Waals surface area contributed by atoms with Crippen LogP contribution in [0.15, 0.2) is 54.6 Å². The first-order chi connectivity index (χ1) is 18.9. The minimum Gasteiger partial charge on any atom is -0.493 e. The van der Waals surface area contributed by atoms with Crippen molar-refractivity contribution < 1.29 is 18.7 Å². The molecular formula is C31H37FN4O3. The highest BCUT2D eigenvalue weighted by atomic mass is 19.1. The fourth-order valence-corrected chi connectivity index (χ4v) is 5.78. The molecule has 0 unspecified atom stereocenters. The van der Waals surface area contributed by atoms with Crippen LogP contribution in [0.4, 0.5) is 4.39 Å². The van der Waals surface area contributed by atoms with Gasteiger partial charge < -0.3 is 15.0 Å². The number of carbonyl (C=O) groups excluding carboxylic acids is 2. The predicted molar refractivity (Wildman–Crippen MR) is 148 cm³/mol. The zero-order valence-electron chi connectivity index (χ0n) is 22.6. The maximum Gasteiger partial charge on any atom is 0.274 e. The van der Waals surface area contributed by atoms with Crippen LogP contribution in [-0.4, -0.2) is 52.7 Å². The van der Waals surface area contributed by atoms with Crippen LogP contribution in [0.3, 0.4) is 0 Å². The molecular weight excluding hydrogens is 495 g/mol. The standard InChI is InChI=1S/C31H37FN4O3/c1-35-27(23-11-13-25(32)14-12-23)21-26(34-35)30(38)36-18-16-31(17-19-36)15-5-4-8-24-7-2-3-9-28(24)39-20-6-10-29(37)33-22-31/h2-3,7,9,11-14,21H,4-6,8,10,15-20,22H2,1H3,(H,33,37). The summed E-state index contributed by atoms with van der Waals surface area (Å²) in [6, 6.07) is 16.2. The SMILES string of the molecule is Cn1nc(C(=O)N2CCC3(CCCCc4ccccc4OCCCC(=O)NC3)CC2)cc1-c1ccc(F)cc1. The van der Waals surface area contributed by atoms with E-state index in [0.29, 0.717) is 44.8 Å². The molecule has 1 N–H and O–H groups in total. The van der Waals surface area contributed by atoms with Gasteiger partial charge in [-0.2, -0.15) is 5.10 Å². The van der Waals surface area contributed by atoms with Gasteiger partial charge in [0.25, 0.3) is 5.91 Å². The second-order valence-corrected chi connectivity index (χ2v) is 10.9. The molecule has 2 amide bonds. The summed E-state index contributed by atoms with van der Waals surface area (Å²) in [7, 11) is 1.79. The molecule has 0 saturated carbocycles. The number of rotatable bonds is 2. The van der Waals surface area contributed by atoms with Gasteiger partial charge in [0.15, 0.2) is 5.69 Å². The summed E-state index contributed by atoms with van der Waals surface area (Å²) >= 11 is 0. The number of carbonyl (C=O) groups is 2. The van der Waals surface area contributed by atoms with E-state index in [4.69, 9.17) is 4.74 Å². The molecule has 2 aliphatic rings. The molecule has 0 bridgehead atoms. The third kappa shape index (κ3) is 6.49. The van der Waals surface area contributed by atoms with Gasteiger partial charge in [0.1, 0.15) is 11.6 Å². The van der Waals surface area contributed by atoms with E-state index in [1.54, 1.807) is 29.9 Å². The van der Waals surface area contributed by atoms with Gasteiger partial charge in [0, 0.05) is 33.1 Å². The first kappa shape index (κ1) is 26.9. The zero-order chi connectivity index (χ0) is 27.2. The van der Waals surface area contributed by atoms with Crippen molar-refractivity contribution in [2.75, 3.05) is 26.2 Å². The van der Waals surface area contributed by atoms with E-state index in [9.17, 15) is 14.0 Å². The Hall–Kier alpha value is -3.68. The molecule has 7 nitrogen and oxygen atoms in total. The van der Waals surface area contributed by atoms with Crippen LogP contribution in [0.2, 0.25) is 0 Å². The number of halogens is 1. The molecule has 3 aromatic rings. The van der Waals surface area contributed by atoms with E-state index in [1.165, 1.54) is 17.7 Å². The second-order valence-electron chi connectivity index (χ2n) is 10.9. The molecule has 39 heavy (non-hydrogen) atoms. The van der Waals surface area contributed by atoms with Crippen LogP contribution in [0.5, 0.6) is 5.75 Å². The van der Waals surface area contributed by atoms with E-state index in [1.807, 2.05) is 17.0 Å². The maximum atomic E-state index is 13.4. The number of benzene rings is 2. The number of aromatic nitrogens is 2. The lowest BCUT2D eigenvalue weighted by atomic mass is 9.74. The zero-order valence-corrected chi connectivity index (χ0v) is 22.6. The van der Waals surface area contributed by atoms with Crippen LogP contribution in [-0.2, 0) is 18.3 Å². The molecule has 1 fully saturated rings. The van der Waals surface area contributed by atoms with Gasteiger partial charge in [-0.15, -0.1) is 0 Å². The average molecular weight is 533 g/mol. The van der Waals surface area contributed by atoms with E-state index < -0.39 is 0 Å². The summed E-state index contributed by atoms with van der Waals surface area (Å²) in [5.41, 5.74) is 3.19. The Kier molecular flexibility index (Phi) is 8.29. The summed E-state index contributed by atoms with van der Waals surface area (Å²) in [6.07, 6.45) is 6.90. The molecule has 2 aliphatic heterocycles. The average Bonchev–Trinajstić information content (AvgIpc) is 3.34. The number of hydrogen-bond donors (Lipinski definition) is 1. The van der Waals surface area contributed by atoms with Gasteiger partial charge in [0.2, 0.25) is 5.91 Å². The van der Waals surface area contributed by atoms with Crippen molar-refractivity contribution in [3.05, 3.63) is 71.7 Å². The molecule has 0 radical (unpaired) electrons. The molecule has 3 heterocycles. The van der Waals surface area contributed by atoms with E-state index in [2.05, 4.69) is 22.5 Å². The van der Waals surface area contributed by atoms with Crippen molar-refractivity contribution >= 4 is 11.8 Å². The molecule has 5 rings (SSSR count). The lowest BCUT2D eigenvalue weighted by molar-refractivity contribution is -0.122. The van der Waals surface area contributed by atoms with Crippen LogP contribution >= 0.6 is 0 Å². The largest absolute Gasteiger partial charge is 0.493 e. The van der Waals surface area contributed by atoms with E-state index in [0.717, 1.165) is 55.5 Å². The number of fused-ring (bicyclic) bond motifs is 1. The highest BCUT2D eigenvalue weighted by Gasteiger charge is 2.36. The molecule has 0 atom stereocenters. The van der Waals surface area contributed by atoms with Crippen LogP contribution in [0.25, 0.3) is 11.3 Å². The minimum absolute atomic E-state index is 0.0179. The number of para-hydroxylation sites is 1. The molecule has 2 aromatic carbocycles. The lowest BCUT2D eigenvalue weighted by Crippen LogP contribution is -2.48. The van der Waals surface area contributed by atoms with Gasteiger partial charge >= 0.3 is 0 Å². The molecule has 0 aliphatic carbocycles. The normalized spacial score (nSPS) is 18.5. The van der Waals surface area contributed by atoms with Crippen molar-refractivity contribution in [2.45, 2.75) is 51.4 Å². The van der Waals surface area contributed by atoms with Gasteiger partial charge in [-0.05, 0) is 91.5 Å². The number of nitrogens with zero attached hydrogens (tertiary/aromatic N) is 3. The minimum atomic E-state index is -0.299. The lowest BCUT2D eigenvalue weighted by Gasteiger charge is -2.42. The predicted octanol–water partition coefficient (Wildman–Crippen LogP) is 5.15. The quantitative estimate of drug-likeness (QED) is 0.495. The first-order valence-corrected chi connectivity index (χ1v) is 14.0. The summed E-state index contributed by atoms with van der Waals surface area (Å²) in [6.45, 7) is 2.44. The van der Waals surface area contributed by atoms with E-state index >= 15 is 0 Å². The van der Waals surface area contributed by atoms with Gasteiger partial charge in [-0.1, -0.05) is 24.6 Å². The van der Waals surface area contributed by atoms with Crippen molar-refractivity contribution in [1.29, 1.82) is 0 Å². The molecule has 206 valence electrons. The third-order valence-electron chi connectivity index (χ3n) is 8.19. The van der Waals surface area contributed by atoms with Crippen molar-refractivity contribution in [3.8, 4) is 17.0 Å². The van der Waals surface area contributed by atoms with Crippen LogP contribution in [0, 0.1) is 11.2 Å². The smallest absolute Gasteiger partial charge is 0.274 e. The van der Waals surface area contributed by atoms with Gasteiger partial charge in [-0.25, -0.2) is 4.39 Å². The summed E-state index contributed by atoms with van der Waals surface area (Å²) in [5, 5.41) is 7.65. The highest BCUT2D eigenvalue weighted by Crippen LogP contribution is 2.37. The number of ether oxygens (including phenoxy) is 1. The van der Waals surface area contributed by atoms with Crippen molar-refractivity contribution in [2.24, 2.45) is 12.5 Å². The fourth-order valence-electron chi connectivity index (χ4n) is 5.78. The summed E-state index contributed by atoms with van der Waals surface area (Å²) in [4.78, 5) is 27.8. The van der Waals surface area contributed by atoms with Gasteiger partial charge in [-0.3, -0.25) is 14.3 Å². The monoisotopic (exact) mass is 532 g/mol. The van der Waals surface area contributed by atoms with Crippen LogP contribution < -0.4 is 10.1 Å². The number of nitrogens with one attached hydrogen (secondary N) is 1. The second kappa shape index (κ2) is 12.0. The van der Waals surface area contributed by atoms with Crippen LogP contribution in [0.1, 0.15) is 61.0 Å². The van der Waals surface area contributed by atoms with E-state index in [-0.39, 0.29) is 23.0 Å². The summed E-state index contributed by atoms with van der Waals surface area (Å²) < 4.78 is 21.0. The Morgan fingerprint density at radius 3 is 2.56 bits per heavy atom. The fraction of sp³-hybridized carbons (Fsp3) is 0.452. The Bertz CT molecular complexity index is 1300.